The molecular formula is C20H17ClN2OS. The standard InChI is InChI=1S/C20H17ClN2OS/c1-24-18-6-3-2-5-16(18)17-13-23(15-10-8-14(21)9-11-15)22-20(17)19-7-4-12-25-19/h2-12,17H,13H2,1H3. The summed E-state index contributed by atoms with van der Waals surface area (Å²) in [4.78, 5) is 1.19. The molecular weight excluding hydrogens is 352 g/mol. The number of rotatable bonds is 4. The van der Waals surface area contributed by atoms with Gasteiger partial charge in [-0.2, -0.15) is 5.10 Å². The molecule has 1 atom stereocenters. The Bertz CT molecular complexity index is 890. The fourth-order valence-electron chi connectivity index (χ4n) is 3.12. The van der Waals surface area contributed by atoms with Crippen LogP contribution in [-0.4, -0.2) is 19.4 Å². The number of nitrogens with zero attached hydrogens (tertiary/aromatic N) is 2. The molecule has 0 radical (unpaired) electrons. The number of benzene rings is 2. The highest BCUT2D eigenvalue weighted by Crippen LogP contribution is 2.37. The van der Waals surface area contributed by atoms with Crippen LogP contribution in [0.2, 0.25) is 5.02 Å². The second-order valence-corrected chi connectivity index (χ2v) is 7.20. The molecule has 0 fully saturated rings. The molecule has 5 heteroatoms. The van der Waals surface area contributed by atoms with E-state index >= 15 is 0 Å². The van der Waals surface area contributed by atoms with Gasteiger partial charge in [-0.05, 0) is 41.8 Å². The van der Waals surface area contributed by atoms with Gasteiger partial charge in [-0.3, -0.25) is 5.01 Å². The number of ether oxygens (including phenoxy) is 1. The normalized spacial score (nSPS) is 16.8. The Balaban J connectivity index is 1.76. The lowest BCUT2D eigenvalue weighted by atomic mass is 9.93. The van der Waals surface area contributed by atoms with Crippen LogP contribution in [0.1, 0.15) is 16.4 Å². The molecule has 2 aromatic carbocycles. The van der Waals surface area contributed by atoms with Gasteiger partial charge in [-0.1, -0.05) is 35.9 Å². The Morgan fingerprint density at radius 2 is 1.88 bits per heavy atom. The summed E-state index contributed by atoms with van der Waals surface area (Å²) in [5.41, 5.74) is 3.28. The summed E-state index contributed by atoms with van der Waals surface area (Å²) < 4.78 is 5.59. The van der Waals surface area contributed by atoms with E-state index in [-0.39, 0.29) is 5.92 Å². The van der Waals surface area contributed by atoms with Gasteiger partial charge in [0.2, 0.25) is 0 Å². The Hall–Kier alpha value is -2.30. The van der Waals surface area contributed by atoms with Gasteiger partial charge < -0.3 is 4.74 Å². The van der Waals surface area contributed by atoms with Gasteiger partial charge in [-0.15, -0.1) is 11.3 Å². The van der Waals surface area contributed by atoms with E-state index in [1.807, 2.05) is 41.4 Å². The van der Waals surface area contributed by atoms with E-state index in [0.29, 0.717) is 0 Å². The maximum atomic E-state index is 6.02. The van der Waals surface area contributed by atoms with E-state index in [2.05, 4.69) is 29.6 Å². The van der Waals surface area contributed by atoms with E-state index in [9.17, 15) is 0 Å². The molecule has 0 saturated carbocycles. The molecule has 0 amide bonds. The largest absolute Gasteiger partial charge is 0.496 e. The van der Waals surface area contributed by atoms with Gasteiger partial charge in [0.15, 0.2) is 0 Å². The van der Waals surface area contributed by atoms with E-state index in [4.69, 9.17) is 21.4 Å². The minimum Gasteiger partial charge on any atom is -0.496 e. The minimum atomic E-state index is 0.158. The zero-order valence-corrected chi connectivity index (χ0v) is 15.3. The number of hydrazone groups is 1. The summed E-state index contributed by atoms with van der Waals surface area (Å²) in [7, 11) is 1.71. The molecule has 0 spiro atoms. The molecule has 25 heavy (non-hydrogen) atoms. The first-order chi connectivity index (χ1) is 12.3. The quantitative estimate of drug-likeness (QED) is 0.614. The van der Waals surface area contributed by atoms with Crippen LogP contribution < -0.4 is 9.75 Å². The average Bonchev–Trinajstić information content (AvgIpc) is 3.32. The van der Waals surface area contributed by atoms with Crippen molar-refractivity contribution in [2.24, 2.45) is 5.10 Å². The first kappa shape index (κ1) is 16.2. The molecule has 0 saturated heterocycles. The van der Waals surface area contributed by atoms with Gasteiger partial charge >= 0.3 is 0 Å². The van der Waals surface area contributed by atoms with Crippen LogP contribution in [0, 0.1) is 0 Å². The second kappa shape index (κ2) is 6.90. The van der Waals surface area contributed by atoms with E-state index in [1.165, 1.54) is 4.88 Å². The van der Waals surface area contributed by atoms with Crippen molar-refractivity contribution in [2.45, 2.75) is 5.92 Å². The van der Waals surface area contributed by atoms with E-state index in [0.717, 1.165) is 34.3 Å². The molecule has 2 heterocycles. The van der Waals surface area contributed by atoms with Gasteiger partial charge in [0, 0.05) is 10.6 Å². The topological polar surface area (TPSA) is 24.8 Å². The summed E-state index contributed by atoms with van der Waals surface area (Å²) in [5.74, 6) is 1.06. The highest BCUT2D eigenvalue weighted by atomic mass is 35.5. The molecule has 1 aliphatic heterocycles. The molecule has 126 valence electrons. The predicted octanol–water partition coefficient (Wildman–Crippen LogP) is 5.42. The lowest BCUT2D eigenvalue weighted by Crippen LogP contribution is -2.18. The van der Waals surface area contributed by atoms with Gasteiger partial charge in [-0.25, -0.2) is 0 Å². The molecule has 1 aliphatic rings. The average molecular weight is 369 g/mol. The zero-order chi connectivity index (χ0) is 17.2. The van der Waals surface area contributed by atoms with Crippen molar-refractivity contribution >= 4 is 34.3 Å². The minimum absolute atomic E-state index is 0.158. The number of methoxy groups -OCH3 is 1. The Morgan fingerprint density at radius 3 is 2.60 bits per heavy atom. The molecule has 0 aliphatic carbocycles. The number of thiophene rings is 1. The van der Waals surface area contributed by atoms with Crippen molar-refractivity contribution in [3.63, 3.8) is 0 Å². The van der Waals surface area contributed by atoms with Gasteiger partial charge in [0.1, 0.15) is 5.75 Å². The molecule has 4 rings (SSSR count). The number of hydrogen-bond acceptors (Lipinski definition) is 4. The zero-order valence-electron chi connectivity index (χ0n) is 13.7. The summed E-state index contributed by atoms with van der Waals surface area (Å²) >= 11 is 7.74. The number of anilines is 1. The number of hydrogen-bond donors (Lipinski definition) is 0. The molecule has 0 N–H and O–H groups in total. The third-order valence-corrected chi connectivity index (χ3v) is 5.47. The fraction of sp³-hybridized carbons (Fsp3) is 0.150. The van der Waals surface area contributed by atoms with Crippen molar-refractivity contribution in [3.05, 3.63) is 81.5 Å². The van der Waals surface area contributed by atoms with Crippen LogP contribution in [0.25, 0.3) is 0 Å². The van der Waals surface area contributed by atoms with Crippen LogP contribution in [0.3, 0.4) is 0 Å². The molecule has 1 aromatic heterocycles. The first-order valence-electron chi connectivity index (χ1n) is 8.04. The Kier molecular flexibility index (Phi) is 4.47. The number of halogens is 1. The summed E-state index contributed by atoms with van der Waals surface area (Å²) in [6, 6.07) is 20.2. The second-order valence-electron chi connectivity index (χ2n) is 5.82. The summed E-state index contributed by atoms with van der Waals surface area (Å²) in [6.45, 7) is 0.773. The fourth-order valence-corrected chi connectivity index (χ4v) is 4.01. The highest BCUT2D eigenvalue weighted by Gasteiger charge is 2.32. The van der Waals surface area contributed by atoms with Crippen LogP contribution >= 0.6 is 22.9 Å². The monoisotopic (exact) mass is 368 g/mol. The maximum absolute atomic E-state index is 6.02. The van der Waals surface area contributed by atoms with Crippen molar-refractivity contribution in [2.75, 3.05) is 18.7 Å². The van der Waals surface area contributed by atoms with Crippen LogP contribution in [0.15, 0.2) is 71.1 Å². The Morgan fingerprint density at radius 1 is 1.08 bits per heavy atom. The summed E-state index contributed by atoms with van der Waals surface area (Å²) in [6.07, 6.45) is 0. The van der Waals surface area contributed by atoms with Gasteiger partial charge in [0.05, 0.1) is 35.8 Å². The first-order valence-corrected chi connectivity index (χ1v) is 9.30. The van der Waals surface area contributed by atoms with Gasteiger partial charge in [0.25, 0.3) is 0 Å². The molecule has 0 bridgehead atoms. The van der Waals surface area contributed by atoms with Crippen molar-refractivity contribution < 1.29 is 4.74 Å². The van der Waals surface area contributed by atoms with Crippen LogP contribution in [0.4, 0.5) is 5.69 Å². The lowest BCUT2D eigenvalue weighted by molar-refractivity contribution is 0.409. The third kappa shape index (κ3) is 3.15. The smallest absolute Gasteiger partial charge is 0.122 e. The van der Waals surface area contributed by atoms with E-state index < -0.39 is 0 Å². The van der Waals surface area contributed by atoms with Crippen LogP contribution in [0.5, 0.6) is 5.75 Å². The maximum Gasteiger partial charge on any atom is 0.122 e. The molecule has 1 unspecified atom stereocenters. The Labute approximate surface area is 156 Å². The third-order valence-electron chi connectivity index (χ3n) is 4.33. The number of para-hydroxylation sites is 1. The SMILES string of the molecule is COc1ccccc1C1CN(c2ccc(Cl)cc2)N=C1c1cccs1. The molecule has 3 aromatic rings. The lowest BCUT2D eigenvalue weighted by Gasteiger charge is -2.18. The van der Waals surface area contributed by atoms with Crippen molar-refractivity contribution in [1.29, 1.82) is 0 Å². The van der Waals surface area contributed by atoms with Crippen LogP contribution in [-0.2, 0) is 0 Å². The molecule has 3 nitrogen and oxygen atoms in total. The predicted molar refractivity (Wildman–Crippen MR) is 105 cm³/mol. The van der Waals surface area contributed by atoms with Crippen molar-refractivity contribution in [1.82, 2.24) is 0 Å². The van der Waals surface area contributed by atoms with Crippen molar-refractivity contribution in [3.8, 4) is 5.75 Å². The summed E-state index contributed by atoms with van der Waals surface area (Å²) in [5, 5.41) is 9.78. The van der Waals surface area contributed by atoms with E-state index in [1.54, 1.807) is 18.4 Å². The highest BCUT2D eigenvalue weighted by molar-refractivity contribution is 7.12.